The van der Waals surface area contributed by atoms with Crippen LogP contribution in [0.5, 0.6) is 0 Å². The van der Waals surface area contributed by atoms with Gasteiger partial charge in [-0.05, 0) is 49.2 Å². The van der Waals surface area contributed by atoms with Gasteiger partial charge in [0.25, 0.3) is 0 Å². The lowest BCUT2D eigenvalue weighted by atomic mass is 9.73. The molecule has 0 spiro atoms. The van der Waals surface area contributed by atoms with Gasteiger partial charge in [0.2, 0.25) is 0 Å². The molecule has 0 aliphatic rings. The Morgan fingerprint density at radius 1 is 0.853 bits per heavy atom. The van der Waals surface area contributed by atoms with Gasteiger partial charge in [0.05, 0.1) is 0 Å². The summed E-state index contributed by atoms with van der Waals surface area (Å²) in [6, 6.07) is 27.8. The second kappa shape index (κ2) is 11.1. The Morgan fingerprint density at radius 2 is 1.41 bits per heavy atom. The van der Waals surface area contributed by atoms with Crippen LogP contribution in [0.25, 0.3) is 11.0 Å². The summed E-state index contributed by atoms with van der Waals surface area (Å²) in [4.78, 5) is 16.3. The number of nitrogens with zero attached hydrogens (tertiary/aromatic N) is 2. The second-order valence-corrected chi connectivity index (χ2v) is 8.60. The van der Waals surface area contributed by atoms with Crippen LogP contribution in [0.15, 0.2) is 89.5 Å². The molecular formula is C29H32N2O3. The number of hydrogen-bond donors (Lipinski definition) is 0. The van der Waals surface area contributed by atoms with Gasteiger partial charge in [0.1, 0.15) is 17.7 Å². The van der Waals surface area contributed by atoms with Gasteiger partial charge in [-0.2, -0.15) is 0 Å². The largest absolute Gasteiger partial charge is 0.464 e. The molecule has 0 bridgehead atoms. The molecule has 4 rings (SSSR count). The normalized spacial score (nSPS) is 11.7. The number of rotatable bonds is 11. The van der Waals surface area contributed by atoms with E-state index in [2.05, 4.69) is 23.9 Å². The highest BCUT2D eigenvalue weighted by Crippen LogP contribution is 2.37. The van der Waals surface area contributed by atoms with Gasteiger partial charge in [-0.3, -0.25) is 4.79 Å². The van der Waals surface area contributed by atoms with Crippen LogP contribution in [0, 0.1) is 0 Å². The van der Waals surface area contributed by atoms with Crippen molar-refractivity contribution in [1.82, 2.24) is 10.1 Å². The zero-order valence-electron chi connectivity index (χ0n) is 19.9. The molecule has 5 nitrogen and oxygen atoms in total. The number of fused-ring (bicyclic) bond motifs is 1. The molecule has 0 unspecified atom stereocenters. The van der Waals surface area contributed by atoms with E-state index in [0.717, 1.165) is 29.6 Å². The summed E-state index contributed by atoms with van der Waals surface area (Å²) < 4.78 is 11.7. The maximum atomic E-state index is 14.1. The molecule has 5 heteroatoms. The van der Waals surface area contributed by atoms with Crippen molar-refractivity contribution in [1.29, 1.82) is 0 Å². The third-order valence-corrected chi connectivity index (χ3v) is 6.45. The van der Waals surface area contributed by atoms with Crippen LogP contribution in [-0.2, 0) is 27.8 Å². The second-order valence-electron chi connectivity index (χ2n) is 8.60. The van der Waals surface area contributed by atoms with E-state index in [1.807, 2.05) is 84.9 Å². The number of hydrogen-bond acceptors (Lipinski definition) is 5. The SMILES string of the molecule is CCN(CC)CCOC(=O)C(Cc1ccccc1)(Cc1ccccc1)c1noc2ccccc12. The minimum atomic E-state index is -1.03. The number of likely N-dealkylation sites (N-methyl/N-ethyl adjacent to an activating group) is 1. The summed E-state index contributed by atoms with van der Waals surface area (Å²) in [7, 11) is 0. The van der Waals surface area contributed by atoms with E-state index >= 15 is 0 Å². The fourth-order valence-corrected chi connectivity index (χ4v) is 4.54. The van der Waals surface area contributed by atoms with Crippen LogP contribution in [0.3, 0.4) is 0 Å². The maximum Gasteiger partial charge on any atom is 0.319 e. The van der Waals surface area contributed by atoms with E-state index in [1.54, 1.807) is 0 Å². The van der Waals surface area contributed by atoms with Crippen LogP contribution < -0.4 is 0 Å². The van der Waals surface area contributed by atoms with Crippen molar-refractivity contribution in [3.05, 3.63) is 102 Å². The summed E-state index contributed by atoms with van der Waals surface area (Å²) >= 11 is 0. The highest BCUT2D eigenvalue weighted by Gasteiger charge is 2.46. The average molecular weight is 457 g/mol. The summed E-state index contributed by atoms with van der Waals surface area (Å²) in [5.41, 5.74) is 2.36. The Morgan fingerprint density at radius 3 is 2.00 bits per heavy atom. The van der Waals surface area contributed by atoms with Crippen molar-refractivity contribution in [3.63, 3.8) is 0 Å². The summed E-state index contributed by atoms with van der Waals surface area (Å²) in [6.07, 6.45) is 0.923. The molecule has 1 heterocycles. The minimum absolute atomic E-state index is 0.272. The predicted molar refractivity (Wildman–Crippen MR) is 135 cm³/mol. The maximum absolute atomic E-state index is 14.1. The molecule has 176 valence electrons. The van der Waals surface area contributed by atoms with Crippen molar-refractivity contribution in [2.75, 3.05) is 26.2 Å². The summed E-state index contributed by atoms with van der Waals surface area (Å²) in [6.45, 7) is 7.10. The Balaban J connectivity index is 1.79. The number of carbonyl (C=O) groups is 1. The van der Waals surface area contributed by atoms with Crippen molar-refractivity contribution >= 4 is 16.9 Å². The Hall–Kier alpha value is -3.44. The molecule has 0 radical (unpaired) electrons. The van der Waals surface area contributed by atoms with Gasteiger partial charge in [-0.25, -0.2) is 0 Å². The van der Waals surface area contributed by atoms with E-state index in [0.29, 0.717) is 37.3 Å². The lowest BCUT2D eigenvalue weighted by molar-refractivity contribution is -0.151. The standard InChI is InChI=1S/C29H32N2O3/c1-3-31(4-2)19-20-33-28(32)29(21-23-13-7-5-8-14-23,22-24-15-9-6-10-16-24)27-25-17-11-12-18-26(25)34-30-27/h5-18H,3-4,19-22H2,1-2H3. The summed E-state index contributed by atoms with van der Waals surface area (Å²) in [5, 5.41) is 5.31. The first-order valence-electron chi connectivity index (χ1n) is 12.0. The van der Waals surface area contributed by atoms with Crippen LogP contribution in [-0.4, -0.2) is 42.3 Å². The molecule has 0 aliphatic heterocycles. The van der Waals surface area contributed by atoms with Crippen molar-refractivity contribution in [2.45, 2.75) is 32.1 Å². The monoisotopic (exact) mass is 456 g/mol. The predicted octanol–water partition coefficient (Wildman–Crippen LogP) is 5.44. The van der Waals surface area contributed by atoms with Crippen molar-refractivity contribution < 1.29 is 14.1 Å². The van der Waals surface area contributed by atoms with Crippen LogP contribution in [0.1, 0.15) is 30.7 Å². The van der Waals surface area contributed by atoms with E-state index in [1.165, 1.54) is 0 Å². The van der Waals surface area contributed by atoms with E-state index in [-0.39, 0.29) is 5.97 Å². The fourth-order valence-electron chi connectivity index (χ4n) is 4.54. The molecule has 1 aromatic heterocycles. The topological polar surface area (TPSA) is 55.6 Å². The van der Waals surface area contributed by atoms with E-state index < -0.39 is 5.41 Å². The molecule has 0 atom stereocenters. The number of esters is 1. The Kier molecular flexibility index (Phi) is 7.76. The molecule has 0 saturated carbocycles. The van der Waals surface area contributed by atoms with Crippen LogP contribution >= 0.6 is 0 Å². The van der Waals surface area contributed by atoms with E-state index in [4.69, 9.17) is 9.26 Å². The van der Waals surface area contributed by atoms with Gasteiger partial charge < -0.3 is 14.2 Å². The van der Waals surface area contributed by atoms with E-state index in [9.17, 15) is 4.79 Å². The first-order chi connectivity index (χ1) is 16.7. The quantitative estimate of drug-likeness (QED) is 0.282. The molecule has 34 heavy (non-hydrogen) atoms. The van der Waals surface area contributed by atoms with Crippen LogP contribution in [0.4, 0.5) is 0 Å². The average Bonchev–Trinajstić information content (AvgIpc) is 3.32. The number of benzene rings is 3. The zero-order valence-corrected chi connectivity index (χ0v) is 19.9. The first kappa shape index (κ1) is 23.7. The fraction of sp³-hybridized carbons (Fsp3) is 0.310. The minimum Gasteiger partial charge on any atom is -0.464 e. The molecule has 3 aromatic carbocycles. The van der Waals surface area contributed by atoms with Gasteiger partial charge in [0, 0.05) is 11.9 Å². The number of aromatic nitrogens is 1. The molecular weight excluding hydrogens is 424 g/mol. The van der Waals surface area contributed by atoms with Crippen molar-refractivity contribution in [2.24, 2.45) is 0 Å². The third kappa shape index (κ3) is 5.20. The van der Waals surface area contributed by atoms with Gasteiger partial charge in [-0.1, -0.05) is 91.8 Å². The number of carbonyl (C=O) groups excluding carboxylic acids is 1. The van der Waals surface area contributed by atoms with Crippen LogP contribution in [0.2, 0.25) is 0 Å². The van der Waals surface area contributed by atoms with Gasteiger partial charge in [0.15, 0.2) is 5.58 Å². The van der Waals surface area contributed by atoms with Gasteiger partial charge in [-0.15, -0.1) is 0 Å². The highest BCUT2D eigenvalue weighted by molar-refractivity contribution is 5.91. The number of para-hydroxylation sites is 1. The molecule has 0 aliphatic carbocycles. The molecule has 0 amide bonds. The lowest BCUT2D eigenvalue weighted by Gasteiger charge is -2.31. The Bertz CT molecular complexity index is 1140. The molecule has 0 N–H and O–H groups in total. The molecule has 0 saturated heterocycles. The third-order valence-electron chi connectivity index (χ3n) is 6.45. The zero-order chi connectivity index (χ0) is 23.8. The molecule has 0 fully saturated rings. The number of ether oxygens (including phenoxy) is 1. The van der Waals surface area contributed by atoms with Gasteiger partial charge >= 0.3 is 5.97 Å². The van der Waals surface area contributed by atoms with Crippen molar-refractivity contribution in [3.8, 4) is 0 Å². The molecule has 4 aromatic rings. The smallest absolute Gasteiger partial charge is 0.319 e. The highest BCUT2D eigenvalue weighted by atomic mass is 16.5. The Labute approximate surface area is 201 Å². The lowest BCUT2D eigenvalue weighted by Crippen LogP contribution is -2.43. The summed E-state index contributed by atoms with van der Waals surface area (Å²) in [5.74, 6) is -0.272. The first-order valence-corrected chi connectivity index (χ1v) is 12.0.